The molecule has 30 heavy (non-hydrogen) atoms. The summed E-state index contributed by atoms with van der Waals surface area (Å²) in [5.41, 5.74) is 1.08. The molecule has 0 fully saturated rings. The Morgan fingerprint density at radius 1 is 1.07 bits per heavy atom. The first-order chi connectivity index (χ1) is 13.8. The second-order valence-electron chi connectivity index (χ2n) is 9.83. The summed E-state index contributed by atoms with van der Waals surface area (Å²) in [6, 6.07) is 0. The molecular formula is C24H46O5Si. The molecular weight excluding hydrogens is 396 g/mol. The van der Waals surface area contributed by atoms with Crippen LogP contribution in [0.3, 0.4) is 0 Å². The number of rotatable bonds is 14. The highest BCUT2D eigenvalue weighted by atomic mass is 28.4. The fraction of sp³-hybridized carbons (Fsp3) is 0.792. The minimum Gasteiger partial charge on any atom is -0.407 e. The highest BCUT2D eigenvalue weighted by Gasteiger charge is 2.41. The van der Waals surface area contributed by atoms with E-state index in [0.29, 0.717) is 6.42 Å². The summed E-state index contributed by atoms with van der Waals surface area (Å²) < 4.78 is 23.9. The van der Waals surface area contributed by atoms with Gasteiger partial charge in [0.2, 0.25) is 0 Å². The maximum atomic E-state index is 11.1. The molecule has 0 rings (SSSR count). The maximum absolute atomic E-state index is 11.1. The highest BCUT2D eigenvalue weighted by molar-refractivity contribution is 6.74. The molecule has 0 aliphatic heterocycles. The molecule has 0 aromatic carbocycles. The molecule has 0 aliphatic rings. The minimum atomic E-state index is -2.03. The van der Waals surface area contributed by atoms with Crippen molar-refractivity contribution in [1.82, 2.24) is 0 Å². The van der Waals surface area contributed by atoms with Crippen LogP contribution in [0.15, 0.2) is 24.3 Å². The molecule has 0 bridgehead atoms. The van der Waals surface area contributed by atoms with Crippen molar-refractivity contribution in [2.45, 2.75) is 90.5 Å². The molecule has 0 saturated carbocycles. The summed E-state index contributed by atoms with van der Waals surface area (Å²) in [6.45, 7) is 21.2. The second-order valence-corrected chi connectivity index (χ2v) is 14.6. The van der Waals surface area contributed by atoms with Gasteiger partial charge < -0.3 is 23.4 Å². The van der Waals surface area contributed by atoms with E-state index in [9.17, 15) is 4.79 Å². The lowest BCUT2D eigenvalue weighted by Gasteiger charge is -2.41. The zero-order valence-corrected chi connectivity index (χ0v) is 22.2. The smallest absolute Gasteiger partial charge is 0.193 e. The van der Waals surface area contributed by atoms with Crippen molar-refractivity contribution in [3.63, 3.8) is 0 Å². The Labute approximate surface area is 186 Å². The van der Waals surface area contributed by atoms with E-state index in [-0.39, 0.29) is 41.3 Å². The van der Waals surface area contributed by atoms with Gasteiger partial charge in [-0.15, -0.1) is 6.58 Å². The Hall–Kier alpha value is -0.793. The number of carbonyl (C=O) groups is 1. The van der Waals surface area contributed by atoms with E-state index in [1.54, 1.807) is 27.4 Å². The molecule has 0 radical (unpaired) electrons. The molecule has 0 spiro atoms. The van der Waals surface area contributed by atoms with Crippen molar-refractivity contribution in [3.8, 4) is 0 Å². The van der Waals surface area contributed by atoms with Gasteiger partial charge in [-0.3, -0.25) is 0 Å². The molecule has 0 amide bonds. The highest BCUT2D eigenvalue weighted by Crippen LogP contribution is 2.39. The number of aldehydes is 1. The van der Waals surface area contributed by atoms with Gasteiger partial charge in [-0.25, -0.2) is 0 Å². The van der Waals surface area contributed by atoms with Crippen molar-refractivity contribution < 1.29 is 23.4 Å². The van der Waals surface area contributed by atoms with Crippen molar-refractivity contribution in [3.05, 3.63) is 24.3 Å². The van der Waals surface area contributed by atoms with Gasteiger partial charge in [-0.1, -0.05) is 46.8 Å². The Morgan fingerprint density at radius 3 is 2.00 bits per heavy atom. The molecule has 0 unspecified atom stereocenters. The third kappa shape index (κ3) is 8.38. The first-order valence-corrected chi connectivity index (χ1v) is 13.7. The second kappa shape index (κ2) is 12.9. The predicted octanol–water partition coefficient (Wildman–Crippen LogP) is 5.42. The van der Waals surface area contributed by atoms with Crippen molar-refractivity contribution in [2.24, 2.45) is 11.8 Å². The Balaban J connectivity index is 5.85. The minimum absolute atomic E-state index is 0.0617. The molecule has 0 aromatic heterocycles. The van der Waals surface area contributed by atoms with E-state index < -0.39 is 8.32 Å². The average molecular weight is 443 g/mol. The molecule has 0 saturated heterocycles. The standard InChI is InChI=1S/C24H46O5Si/c1-13-20(26-8)23(29-30(11,12)24(5,6)7)19(4)15-18(3)22(28-10)21(27-9)14-17(2)16-25/h13,15-18,20-23H,1,14H2,2-12H3/b19-15+/t17-,18-,20-,21-,22+,23-/m0/s1. The third-order valence-corrected chi connectivity index (χ3v) is 10.8. The fourth-order valence-corrected chi connectivity index (χ4v) is 4.66. The van der Waals surface area contributed by atoms with Gasteiger partial charge in [-0.2, -0.15) is 0 Å². The summed E-state index contributed by atoms with van der Waals surface area (Å²) in [5, 5.41) is 0.0811. The Kier molecular flexibility index (Phi) is 12.6. The van der Waals surface area contributed by atoms with Crippen LogP contribution in [0.5, 0.6) is 0 Å². The largest absolute Gasteiger partial charge is 0.407 e. The molecule has 0 N–H and O–H groups in total. The monoisotopic (exact) mass is 442 g/mol. The van der Waals surface area contributed by atoms with Crippen LogP contribution in [-0.2, 0) is 23.4 Å². The first-order valence-electron chi connectivity index (χ1n) is 10.8. The molecule has 5 nitrogen and oxygen atoms in total. The SMILES string of the molecule is C=C[C@H](OC)[C@@H](O[Si](C)(C)C(C)(C)C)/C(C)=C/[C@H](C)[C@@H](OC)[C@H](C[C@H](C)C=O)OC. The van der Waals surface area contributed by atoms with Gasteiger partial charge in [0.15, 0.2) is 8.32 Å². The Morgan fingerprint density at radius 2 is 1.63 bits per heavy atom. The maximum Gasteiger partial charge on any atom is 0.193 e. The van der Waals surface area contributed by atoms with Crippen LogP contribution in [0.2, 0.25) is 18.1 Å². The molecule has 176 valence electrons. The number of carbonyl (C=O) groups excluding carboxylic acids is 1. The fourth-order valence-electron chi connectivity index (χ4n) is 3.35. The van der Waals surface area contributed by atoms with Gasteiger partial charge in [0, 0.05) is 33.2 Å². The summed E-state index contributed by atoms with van der Waals surface area (Å²) in [6.07, 6.45) is 4.75. The van der Waals surface area contributed by atoms with Crippen LogP contribution < -0.4 is 0 Å². The van der Waals surface area contributed by atoms with Gasteiger partial charge in [0.1, 0.15) is 12.4 Å². The van der Waals surface area contributed by atoms with E-state index in [1.165, 1.54) is 0 Å². The summed E-state index contributed by atoms with van der Waals surface area (Å²) in [7, 11) is 3.01. The number of hydrogen-bond donors (Lipinski definition) is 0. The lowest BCUT2D eigenvalue weighted by molar-refractivity contribution is -0.113. The van der Waals surface area contributed by atoms with E-state index >= 15 is 0 Å². The van der Waals surface area contributed by atoms with Crippen LogP contribution in [0.25, 0.3) is 0 Å². The number of ether oxygens (including phenoxy) is 3. The van der Waals surface area contributed by atoms with E-state index in [1.807, 2.05) is 6.92 Å². The summed E-state index contributed by atoms with van der Waals surface area (Å²) >= 11 is 0. The van der Waals surface area contributed by atoms with Crippen molar-refractivity contribution in [1.29, 1.82) is 0 Å². The van der Waals surface area contributed by atoms with Gasteiger partial charge >= 0.3 is 0 Å². The molecule has 0 aliphatic carbocycles. The van der Waals surface area contributed by atoms with E-state index in [2.05, 4.69) is 60.4 Å². The summed E-state index contributed by atoms with van der Waals surface area (Å²) in [4.78, 5) is 11.1. The molecule has 0 aromatic rings. The van der Waals surface area contributed by atoms with Crippen LogP contribution in [0, 0.1) is 11.8 Å². The Bertz CT molecular complexity index is 552. The zero-order chi connectivity index (χ0) is 23.7. The quantitative estimate of drug-likeness (QED) is 0.204. The first kappa shape index (κ1) is 29.2. The lowest BCUT2D eigenvalue weighted by Crippen LogP contribution is -2.47. The van der Waals surface area contributed by atoms with Crippen LogP contribution in [-0.4, -0.2) is 60.3 Å². The van der Waals surface area contributed by atoms with Gasteiger partial charge in [-0.05, 0) is 37.0 Å². The van der Waals surface area contributed by atoms with Crippen LogP contribution in [0.4, 0.5) is 0 Å². The molecule has 6 heteroatoms. The van der Waals surface area contributed by atoms with E-state index in [4.69, 9.17) is 18.6 Å². The third-order valence-electron chi connectivity index (χ3n) is 6.30. The number of methoxy groups -OCH3 is 3. The van der Waals surface area contributed by atoms with E-state index in [0.717, 1.165) is 11.9 Å². The normalized spacial score (nSPS) is 19.5. The molecule has 6 atom stereocenters. The van der Waals surface area contributed by atoms with Gasteiger partial charge in [0.05, 0.1) is 18.3 Å². The van der Waals surface area contributed by atoms with Gasteiger partial charge in [0.25, 0.3) is 0 Å². The van der Waals surface area contributed by atoms with Crippen molar-refractivity contribution >= 4 is 14.6 Å². The predicted molar refractivity (Wildman–Crippen MR) is 127 cm³/mol. The van der Waals surface area contributed by atoms with Crippen LogP contribution in [0.1, 0.15) is 48.0 Å². The number of hydrogen-bond acceptors (Lipinski definition) is 5. The zero-order valence-electron chi connectivity index (χ0n) is 21.2. The average Bonchev–Trinajstić information content (AvgIpc) is 2.66. The van der Waals surface area contributed by atoms with Crippen LogP contribution >= 0.6 is 0 Å². The molecule has 0 heterocycles. The van der Waals surface area contributed by atoms with Crippen molar-refractivity contribution in [2.75, 3.05) is 21.3 Å². The lowest BCUT2D eigenvalue weighted by atomic mass is 9.90. The summed E-state index contributed by atoms with van der Waals surface area (Å²) in [5.74, 6) is -0.0233. The topological polar surface area (TPSA) is 54.0 Å².